The molecule has 0 heterocycles. The van der Waals surface area contributed by atoms with Gasteiger partial charge in [-0.3, -0.25) is 0 Å². The molecule has 0 unspecified atom stereocenters. The minimum Gasteiger partial charge on any atom is -0.122 e. The molecule has 0 fully saturated rings. The van der Waals surface area contributed by atoms with Crippen LogP contribution in [-0.4, -0.2) is 0 Å². The molecule has 0 spiro atoms. The van der Waals surface area contributed by atoms with Crippen LogP contribution in [0.15, 0.2) is 54.6 Å². The maximum Gasteiger partial charge on any atom is 0.0474 e. The summed E-state index contributed by atoms with van der Waals surface area (Å²) < 4.78 is 0. The zero-order chi connectivity index (χ0) is 11.8. The molecule has 0 radical (unpaired) electrons. The lowest BCUT2D eigenvalue weighted by Crippen LogP contribution is -1.74. The summed E-state index contributed by atoms with van der Waals surface area (Å²) in [6.07, 6.45) is 0. The van der Waals surface area contributed by atoms with Crippen molar-refractivity contribution in [3.8, 4) is 0 Å². The molecule has 0 saturated heterocycles. The van der Waals surface area contributed by atoms with Crippen molar-refractivity contribution in [2.75, 3.05) is 0 Å². The van der Waals surface area contributed by atoms with Crippen LogP contribution in [0.2, 0.25) is 0 Å². The molecule has 0 aromatic heterocycles. The Bertz CT molecular complexity index is 386. The third-order valence-corrected chi connectivity index (χ3v) is 2.73. The molecule has 0 N–H and O–H groups in total. The van der Waals surface area contributed by atoms with E-state index in [0.717, 1.165) is 0 Å². The fraction of sp³-hybridized carbons (Fsp3) is 0.200. The van der Waals surface area contributed by atoms with E-state index in [9.17, 15) is 0 Å². The summed E-state index contributed by atoms with van der Waals surface area (Å²) in [5.41, 5.74) is 3.91. The zero-order valence-corrected chi connectivity index (χ0v) is 10.5. The number of alkyl halides is 1. The minimum atomic E-state index is 0.612. The third kappa shape index (κ3) is 4.50. The maximum atomic E-state index is 5.53. The minimum absolute atomic E-state index is 0.612. The van der Waals surface area contributed by atoms with Crippen LogP contribution >= 0.6 is 11.6 Å². The monoisotopic (exact) mass is 232 g/mol. The van der Waals surface area contributed by atoms with E-state index in [1.807, 2.05) is 30.3 Å². The number of hydrogen-bond donors (Lipinski definition) is 0. The van der Waals surface area contributed by atoms with E-state index in [1.54, 1.807) is 0 Å². The van der Waals surface area contributed by atoms with Gasteiger partial charge in [-0.2, -0.15) is 0 Å². The number of halogens is 1. The topological polar surface area (TPSA) is 0 Å². The van der Waals surface area contributed by atoms with Gasteiger partial charge < -0.3 is 0 Å². The lowest BCUT2D eigenvalue weighted by molar-refractivity contribution is 1.34. The highest BCUT2D eigenvalue weighted by atomic mass is 35.5. The normalized spacial score (nSPS) is 9.19. The highest BCUT2D eigenvalue weighted by molar-refractivity contribution is 6.17. The molecule has 0 atom stereocenters. The Balaban J connectivity index is 0.000000160. The number of rotatable bonds is 1. The average Bonchev–Trinajstić information content (AvgIpc) is 2.35. The first kappa shape index (κ1) is 12.8. The Morgan fingerprint density at radius 3 is 1.50 bits per heavy atom. The molecule has 0 nitrogen and oxygen atoms in total. The lowest BCUT2D eigenvalue weighted by Gasteiger charge is -1.93. The molecule has 84 valence electrons. The zero-order valence-electron chi connectivity index (χ0n) is 9.78. The summed E-state index contributed by atoms with van der Waals surface area (Å²) in [5, 5.41) is 0. The van der Waals surface area contributed by atoms with E-state index in [-0.39, 0.29) is 0 Å². The van der Waals surface area contributed by atoms with Crippen LogP contribution < -0.4 is 0 Å². The van der Waals surface area contributed by atoms with Gasteiger partial charge in [-0.15, -0.1) is 11.6 Å². The van der Waals surface area contributed by atoms with Gasteiger partial charge in [0.1, 0.15) is 0 Å². The highest BCUT2D eigenvalue weighted by Gasteiger charge is 1.84. The van der Waals surface area contributed by atoms with Crippen molar-refractivity contribution in [2.45, 2.75) is 19.7 Å². The summed E-state index contributed by atoms with van der Waals surface area (Å²) >= 11 is 5.53. The van der Waals surface area contributed by atoms with Crippen LogP contribution in [0.25, 0.3) is 0 Å². The quantitative estimate of drug-likeness (QED) is 0.624. The van der Waals surface area contributed by atoms with Crippen molar-refractivity contribution in [3.05, 3.63) is 71.3 Å². The summed E-state index contributed by atoms with van der Waals surface area (Å²) in [6.45, 7) is 4.24. The number of aryl methyl sites for hydroxylation is 2. The fourth-order valence-electron chi connectivity index (χ4n) is 1.23. The summed E-state index contributed by atoms with van der Waals surface area (Å²) in [6, 6.07) is 18.3. The third-order valence-electron chi connectivity index (χ3n) is 2.42. The Morgan fingerprint density at radius 2 is 1.19 bits per heavy atom. The van der Waals surface area contributed by atoms with Crippen molar-refractivity contribution in [2.24, 2.45) is 0 Å². The van der Waals surface area contributed by atoms with Crippen LogP contribution in [0.4, 0.5) is 0 Å². The van der Waals surface area contributed by atoms with Crippen LogP contribution in [-0.2, 0) is 5.88 Å². The second-order valence-corrected chi connectivity index (χ2v) is 3.97. The highest BCUT2D eigenvalue weighted by Crippen LogP contribution is 2.02. The summed E-state index contributed by atoms with van der Waals surface area (Å²) in [5.74, 6) is 0.612. The molecule has 0 bridgehead atoms. The predicted octanol–water partition coefficient (Wildman–Crippen LogP) is 4.73. The Morgan fingerprint density at radius 1 is 0.750 bits per heavy atom. The summed E-state index contributed by atoms with van der Waals surface area (Å²) in [4.78, 5) is 0. The first-order valence-corrected chi connectivity index (χ1v) is 5.89. The molecule has 0 saturated carbocycles. The molecule has 2 rings (SSSR count). The van der Waals surface area contributed by atoms with Crippen molar-refractivity contribution in [3.63, 3.8) is 0 Å². The van der Waals surface area contributed by atoms with E-state index in [1.165, 1.54) is 16.7 Å². The van der Waals surface area contributed by atoms with Crippen LogP contribution in [0.1, 0.15) is 16.7 Å². The Hall–Kier alpha value is -1.27. The molecule has 2 aromatic carbocycles. The van der Waals surface area contributed by atoms with Gasteiger partial charge in [-0.1, -0.05) is 54.6 Å². The van der Waals surface area contributed by atoms with Gasteiger partial charge in [-0.25, -0.2) is 0 Å². The van der Waals surface area contributed by atoms with Crippen molar-refractivity contribution < 1.29 is 0 Å². The molecule has 0 aliphatic heterocycles. The van der Waals surface area contributed by atoms with Crippen molar-refractivity contribution in [1.82, 2.24) is 0 Å². The van der Waals surface area contributed by atoms with Crippen LogP contribution in [0, 0.1) is 13.8 Å². The van der Waals surface area contributed by atoms with Gasteiger partial charge in [0.25, 0.3) is 0 Å². The maximum absolute atomic E-state index is 5.53. The Kier molecular flexibility index (Phi) is 5.66. The van der Waals surface area contributed by atoms with Gasteiger partial charge in [0.05, 0.1) is 0 Å². The van der Waals surface area contributed by atoms with Crippen molar-refractivity contribution >= 4 is 11.6 Å². The van der Waals surface area contributed by atoms with Crippen LogP contribution in [0.5, 0.6) is 0 Å². The van der Waals surface area contributed by atoms with Gasteiger partial charge >= 0.3 is 0 Å². The van der Waals surface area contributed by atoms with E-state index in [0.29, 0.717) is 5.88 Å². The first-order valence-electron chi connectivity index (χ1n) is 5.36. The van der Waals surface area contributed by atoms with Gasteiger partial charge in [0.15, 0.2) is 0 Å². The number of benzene rings is 2. The Labute approximate surface area is 103 Å². The molecule has 0 aliphatic rings. The molecular weight excluding hydrogens is 216 g/mol. The standard InChI is InChI=1S/C8H10.C7H7Cl/c1-7-5-3-4-6-8(7)2;8-6-7-4-2-1-3-5-7/h3-6H,1-2H3;1-5H,6H2. The van der Waals surface area contributed by atoms with Gasteiger partial charge in [-0.05, 0) is 30.5 Å². The molecule has 0 amide bonds. The van der Waals surface area contributed by atoms with Gasteiger partial charge in [0, 0.05) is 5.88 Å². The molecule has 0 aliphatic carbocycles. The predicted molar refractivity (Wildman–Crippen MR) is 71.9 cm³/mol. The van der Waals surface area contributed by atoms with Crippen molar-refractivity contribution in [1.29, 1.82) is 0 Å². The largest absolute Gasteiger partial charge is 0.122 e. The average molecular weight is 233 g/mol. The second-order valence-electron chi connectivity index (χ2n) is 3.70. The lowest BCUT2D eigenvalue weighted by atomic mass is 10.1. The first-order chi connectivity index (χ1) is 7.74. The fourth-order valence-corrected chi connectivity index (χ4v) is 1.41. The SMILES string of the molecule is Cc1ccccc1C.ClCc1ccccc1. The molecule has 1 heteroatoms. The van der Waals surface area contributed by atoms with E-state index >= 15 is 0 Å². The summed E-state index contributed by atoms with van der Waals surface area (Å²) in [7, 11) is 0. The van der Waals surface area contributed by atoms with E-state index in [2.05, 4.69) is 38.1 Å². The van der Waals surface area contributed by atoms with E-state index in [4.69, 9.17) is 11.6 Å². The smallest absolute Gasteiger partial charge is 0.0474 e. The van der Waals surface area contributed by atoms with E-state index < -0.39 is 0 Å². The number of hydrogen-bond acceptors (Lipinski definition) is 0. The molecular formula is C15H17Cl. The van der Waals surface area contributed by atoms with Gasteiger partial charge in [0.2, 0.25) is 0 Å². The molecule has 2 aromatic rings. The second kappa shape index (κ2) is 7.08. The van der Waals surface area contributed by atoms with Crippen LogP contribution in [0.3, 0.4) is 0 Å². The molecule has 16 heavy (non-hydrogen) atoms.